The van der Waals surface area contributed by atoms with Gasteiger partial charge in [-0.3, -0.25) is 14.4 Å². The van der Waals surface area contributed by atoms with Crippen molar-refractivity contribution in [3.8, 4) is 11.4 Å². The average molecular weight is 434 g/mol. The highest BCUT2D eigenvalue weighted by molar-refractivity contribution is 6.13. The Labute approximate surface area is 182 Å². The largest absolute Gasteiger partial charge is 0.458 e. The smallest absolute Gasteiger partial charge is 0.343 e. The molecule has 162 valence electrons. The molecule has 8 heteroatoms. The van der Waals surface area contributed by atoms with Crippen molar-refractivity contribution in [2.75, 3.05) is 7.05 Å². The minimum Gasteiger partial charge on any atom is -0.458 e. The van der Waals surface area contributed by atoms with Gasteiger partial charge in [-0.1, -0.05) is 6.92 Å². The van der Waals surface area contributed by atoms with Crippen LogP contribution in [0.1, 0.15) is 47.6 Å². The lowest BCUT2D eigenvalue weighted by Gasteiger charge is -2.31. The van der Waals surface area contributed by atoms with Crippen molar-refractivity contribution in [2.24, 2.45) is 4.99 Å². The number of carbonyl (C=O) groups excluding carboxylic acids is 1. The number of hydrogen-bond donors (Lipinski definition) is 1. The van der Waals surface area contributed by atoms with Crippen LogP contribution in [0, 0.1) is 5.82 Å². The van der Waals surface area contributed by atoms with Crippen LogP contribution in [0.25, 0.3) is 22.3 Å². The summed E-state index contributed by atoms with van der Waals surface area (Å²) in [6, 6.07) is 4.69. The molecule has 0 fully saturated rings. The van der Waals surface area contributed by atoms with E-state index in [1.165, 1.54) is 12.1 Å². The van der Waals surface area contributed by atoms with E-state index in [4.69, 9.17) is 4.74 Å². The number of carbonyl (C=O) groups is 1. The lowest BCUT2D eigenvalue weighted by Crippen LogP contribution is -2.44. The summed E-state index contributed by atoms with van der Waals surface area (Å²) < 4.78 is 21.2. The van der Waals surface area contributed by atoms with E-state index < -0.39 is 11.6 Å². The fourth-order valence-corrected chi connectivity index (χ4v) is 5.47. The number of aliphatic imine (C=N–C) groups is 1. The van der Waals surface area contributed by atoms with Gasteiger partial charge in [0.15, 0.2) is 5.60 Å². The number of pyridine rings is 2. The first-order valence-electron chi connectivity index (χ1n) is 10.7. The second-order valence-corrected chi connectivity index (χ2v) is 8.61. The van der Waals surface area contributed by atoms with Crippen molar-refractivity contribution in [3.05, 3.63) is 62.2 Å². The molecule has 3 aromatic rings. The summed E-state index contributed by atoms with van der Waals surface area (Å²) in [5.74, 6) is -1.10. The Kier molecular flexibility index (Phi) is 3.81. The maximum Gasteiger partial charge on any atom is 0.343 e. The number of fused-ring (bicyclic) bond motifs is 5. The molecule has 2 aliphatic heterocycles. The first kappa shape index (κ1) is 19.3. The van der Waals surface area contributed by atoms with Crippen LogP contribution in [0.15, 0.2) is 28.0 Å². The van der Waals surface area contributed by atoms with Crippen molar-refractivity contribution in [2.45, 2.75) is 44.9 Å². The summed E-state index contributed by atoms with van der Waals surface area (Å²) in [7, 11) is 1.71. The predicted octanol–water partition coefficient (Wildman–Crippen LogP) is 2.00. The number of aryl methyl sites for hydroxylation is 1. The van der Waals surface area contributed by atoms with E-state index >= 15 is 0 Å². The third kappa shape index (κ3) is 2.27. The summed E-state index contributed by atoms with van der Waals surface area (Å²) in [6.45, 7) is 1.89. The van der Waals surface area contributed by atoms with E-state index in [0.29, 0.717) is 35.3 Å². The molecule has 32 heavy (non-hydrogen) atoms. The maximum absolute atomic E-state index is 14.5. The van der Waals surface area contributed by atoms with Crippen molar-refractivity contribution in [3.63, 3.8) is 0 Å². The Morgan fingerprint density at radius 1 is 1.22 bits per heavy atom. The standard InChI is InChI=1S/C24H20FN3O4/c1-3-24(31)16-8-19-21-14(9-28(19)22(29)15(16)10-32-23(24)30)12-4-5-17(26-2)13-6-11(25)7-18(27-21)20(12)13/h6-8,31H,3-5,9-10H2,1-2H3/p+1/t24-/m0/s1. The predicted molar refractivity (Wildman–Crippen MR) is 114 cm³/mol. The highest BCUT2D eigenvalue weighted by Crippen LogP contribution is 2.41. The number of ether oxygens (including phenoxy) is 1. The highest BCUT2D eigenvalue weighted by Gasteiger charge is 2.46. The molecule has 3 aliphatic rings. The number of nitrogens with one attached hydrogen (secondary N) is 1. The number of aliphatic hydroxyl groups is 1. The normalized spacial score (nSPS) is 22.0. The van der Waals surface area contributed by atoms with Crippen LogP contribution in [0.4, 0.5) is 4.39 Å². The molecule has 0 amide bonds. The Bertz CT molecular complexity index is 1470. The molecule has 6 rings (SSSR count). The number of rotatable bonds is 1. The monoisotopic (exact) mass is 434 g/mol. The molecule has 2 aromatic heterocycles. The minimum atomic E-state index is -1.86. The van der Waals surface area contributed by atoms with Crippen molar-refractivity contribution < 1.29 is 24.0 Å². The molecule has 0 radical (unpaired) electrons. The second kappa shape index (κ2) is 6.32. The van der Waals surface area contributed by atoms with Gasteiger partial charge in [0.1, 0.15) is 18.1 Å². The van der Waals surface area contributed by atoms with Crippen LogP contribution < -0.4 is 10.5 Å². The van der Waals surface area contributed by atoms with Gasteiger partial charge in [-0.2, -0.15) is 0 Å². The van der Waals surface area contributed by atoms with Gasteiger partial charge in [-0.25, -0.2) is 14.2 Å². The van der Waals surface area contributed by atoms with E-state index in [1.807, 2.05) is 0 Å². The molecule has 7 nitrogen and oxygen atoms in total. The van der Waals surface area contributed by atoms with Gasteiger partial charge in [0.2, 0.25) is 11.2 Å². The summed E-state index contributed by atoms with van der Waals surface area (Å²) >= 11 is 0. The maximum atomic E-state index is 14.5. The zero-order valence-electron chi connectivity index (χ0n) is 17.7. The number of esters is 1. The van der Waals surface area contributed by atoms with Gasteiger partial charge in [0.05, 0.1) is 17.5 Å². The van der Waals surface area contributed by atoms with Crippen LogP contribution in [0.2, 0.25) is 0 Å². The number of cyclic esters (lactones) is 1. The van der Waals surface area contributed by atoms with Crippen molar-refractivity contribution in [1.82, 2.24) is 4.57 Å². The van der Waals surface area contributed by atoms with Crippen LogP contribution >= 0.6 is 0 Å². The summed E-state index contributed by atoms with van der Waals surface area (Å²) in [4.78, 5) is 33.4. The van der Waals surface area contributed by atoms with E-state index in [2.05, 4.69) is 9.98 Å². The Balaban J connectivity index is 1.68. The molecule has 1 atom stereocenters. The SMILES string of the molecule is CC[C@@]1(O)C(=O)OCc2c1cc1n(c2=O)Cc2c-1[nH+]c1cc(F)cc3c1c2CCC3=NC. The average Bonchev–Trinajstić information content (AvgIpc) is 3.15. The fourth-order valence-electron chi connectivity index (χ4n) is 5.47. The quantitative estimate of drug-likeness (QED) is 0.464. The summed E-state index contributed by atoms with van der Waals surface area (Å²) in [5, 5.41) is 12.0. The first-order chi connectivity index (χ1) is 15.4. The zero-order chi connectivity index (χ0) is 22.4. The molecular weight excluding hydrogens is 413 g/mol. The third-order valence-corrected chi connectivity index (χ3v) is 7.14. The van der Waals surface area contributed by atoms with E-state index in [1.54, 1.807) is 24.6 Å². The number of hydrogen-bond acceptors (Lipinski definition) is 5. The zero-order valence-corrected chi connectivity index (χ0v) is 17.7. The van der Waals surface area contributed by atoms with Crippen molar-refractivity contribution >= 4 is 22.6 Å². The lowest BCUT2D eigenvalue weighted by molar-refractivity contribution is -0.331. The molecule has 0 unspecified atom stereocenters. The number of H-pyrrole nitrogens is 1. The van der Waals surface area contributed by atoms with Crippen LogP contribution in [0.3, 0.4) is 0 Å². The molecule has 4 heterocycles. The molecule has 0 spiro atoms. The lowest BCUT2D eigenvalue weighted by atomic mass is 9.85. The molecule has 1 aromatic carbocycles. The van der Waals surface area contributed by atoms with Gasteiger partial charge < -0.3 is 9.84 Å². The molecule has 0 bridgehead atoms. The third-order valence-electron chi connectivity index (χ3n) is 7.14. The van der Waals surface area contributed by atoms with E-state index in [9.17, 15) is 19.1 Å². The molecule has 1 aliphatic carbocycles. The van der Waals surface area contributed by atoms with E-state index in [-0.39, 0.29) is 24.4 Å². The Morgan fingerprint density at radius 3 is 2.78 bits per heavy atom. The summed E-state index contributed by atoms with van der Waals surface area (Å²) in [5.41, 5.74) is 4.10. The van der Waals surface area contributed by atoms with Gasteiger partial charge >= 0.3 is 5.97 Å². The van der Waals surface area contributed by atoms with Crippen LogP contribution in [0.5, 0.6) is 0 Å². The van der Waals surface area contributed by atoms with Gasteiger partial charge in [-0.05, 0) is 37.0 Å². The van der Waals surface area contributed by atoms with E-state index in [0.717, 1.165) is 39.9 Å². The number of benzene rings is 1. The number of aromatic nitrogens is 2. The molecular formula is C24H21FN3O4+. The minimum absolute atomic E-state index is 0.0922. The first-order valence-corrected chi connectivity index (χ1v) is 10.7. The summed E-state index contributed by atoms with van der Waals surface area (Å²) in [6.07, 6.45) is 1.52. The Morgan fingerprint density at radius 2 is 2.03 bits per heavy atom. The second-order valence-electron chi connectivity index (χ2n) is 8.61. The molecule has 0 saturated carbocycles. The number of nitrogens with zero attached hydrogens (tertiary/aromatic N) is 2. The number of aromatic amines is 1. The van der Waals surface area contributed by atoms with Crippen molar-refractivity contribution in [1.29, 1.82) is 0 Å². The van der Waals surface area contributed by atoms with Crippen LogP contribution in [-0.2, 0) is 34.7 Å². The Hall–Kier alpha value is -3.39. The van der Waals surface area contributed by atoms with Gasteiger partial charge in [0, 0.05) is 35.5 Å². The fraction of sp³-hybridized carbons (Fsp3) is 0.333. The molecule has 0 saturated heterocycles. The molecule has 2 N–H and O–H groups in total. The number of halogens is 1. The van der Waals surface area contributed by atoms with Gasteiger partial charge in [-0.15, -0.1) is 0 Å². The highest BCUT2D eigenvalue weighted by atomic mass is 19.1. The van der Waals surface area contributed by atoms with Gasteiger partial charge in [0.25, 0.3) is 5.56 Å². The van der Waals surface area contributed by atoms with Crippen LogP contribution in [-0.4, -0.2) is 28.4 Å². The topological polar surface area (TPSA) is 95.0 Å².